The summed E-state index contributed by atoms with van der Waals surface area (Å²) >= 11 is 0. The van der Waals surface area contributed by atoms with Gasteiger partial charge in [0.15, 0.2) is 5.58 Å². The first-order valence-electron chi connectivity index (χ1n) is 16.1. The smallest absolute Gasteiger partial charge is 0.227 e. The van der Waals surface area contributed by atoms with Crippen LogP contribution >= 0.6 is 0 Å². The summed E-state index contributed by atoms with van der Waals surface area (Å²) < 4.78 is 6.27. The Hall–Kier alpha value is -5.93. The molecule has 224 valence electrons. The first-order chi connectivity index (χ1) is 23.1. The van der Waals surface area contributed by atoms with Crippen LogP contribution < -0.4 is 4.90 Å². The zero-order valence-corrected chi connectivity index (χ0v) is 26.3. The first kappa shape index (κ1) is 27.4. The van der Waals surface area contributed by atoms with Gasteiger partial charge in [-0.25, -0.2) is 4.98 Å². The molecule has 0 bridgehead atoms. The van der Waals surface area contributed by atoms with Gasteiger partial charge < -0.3 is 9.32 Å². The zero-order chi connectivity index (χ0) is 31.5. The van der Waals surface area contributed by atoms with Crippen molar-refractivity contribution in [3.63, 3.8) is 0 Å². The summed E-state index contributed by atoms with van der Waals surface area (Å²) in [5.74, 6) is 0.631. The molecule has 1 aliphatic rings. The molecule has 0 spiro atoms. The van der Waals surface area contributed by atoms with Gasteiger partial charge in [-0.15, -0.1) is 0 Å². The summed E-state index contributed by atoms with van der Waals surface area (Å²) in [6.45, 7) is 4.66. The normalized spacial score (nSPS) is 13.1. The molecule has 47 heavy (non-hydrogen) atoms. The molecular weight excluding hydrogens is 572 g/mol. The molecule has 0 radical (unpaired) electrons. The second kappa shape index (κ2) is 10.6. The summed E-state index contributed by atoms with van der Waals surface area (Å²) in [7, 11) is 0. The van der Waals surface area contributed by atoms with Crippen LogP contribution in [0.25, 0.3) is 55.6 Å². The number of fused-ring (bicyclic) bond motifs is 6. The van der Waals surface area contributed by atoms with E-state index in [1.54, 1.807) is 0 Å². The number of hydrogen-bond acceptors (Lipinski definition) is 3. The largest absolute Gasteiger partial charge is 0.436 e. The Balaban J connectivity index is 1.25. The number of rotatable bonds is 5. The third-order valence-corrected chi connectivity index (χ3v) is 9.71. The number of oxazole rings is 1. The molecule has 8 aromatic rings. The van der Waals surface area contributed by atoms with Crippen LogP contribution in [0.4, 0.5) is 17.1 Å². The van der Waals surface area contributed by atoms with Crippen molar-refractivity contribution >= 4 is 38.9 Å². The van der Waals surface area contributed by atoms with E-state index in [9.17, 15) is 0 Å². The van der Waals surface area contributed by atoms with Crippen LogP contribution in [-0.2, 0) is 5.41 Å². The molecular formula is C44H32N2O. The predicted molar refractivity (Wildman–Crippen MR) is 195 cm³/mol. The van der Waals surface area contributed by atoms with Crippen molar-refractivity contribution in [2.24, 2.45) is 0 Å². The molecule has 1 aliphatic carbocycles. The third kappa shape index (κ3) is 4.39. The van der Waals surface area contributed by atoms with Gasteiger partial charge in [0, 0.05) is 33.1 Å². The molecule has 3 nitrogen and oxygen atoms in total. The minimum Gasteiger partial charge on any atom is -0.436 e. The van der Waals surface area contributed by atoms with E-state index in [1.807, 2.05) is 30.3 Å². The molecule has 3 heteroatoms. The minimum absolute atomic E-state index is 0.0545. The van der Waals surface area contributed by atoms with Gasteiger partial charge in [0.25, 0.3) is 0 Å². The molecule has 0 fully saturated rings. The number of aromatic nitrogens is 1. The second-order valence-electron chi connectivity index (χ2n) is 12.8. The highest BCUT2D eigenvalue weighted by Crippen LogP contribution is 2.51. The third-order valence-electron chi connectivity index (χ3n) is 9.71. The van der Waals surface area contributed by atoms with Crippen LogP contribution in [0.3, 0.4) is 0 Å². The van der Waals surface area contributed by atoms with Gasteiger partial charge in [-0.05, 0) is 88.0 Å². The van der Waals surface area contributed by atoms with E-state index in [0.717, 1.165) is 44.5 Å². The standard InChI is InChI=1S/C44H32N2O/c1-44(2)38-18-10-9-16-34(38)37-28-33(24-26-39(37)44)46(32-22-20-30(21-23-32)29-12-5-3-6-13-29)40-19-11-17-36-35(40)25-27-41-42(36)45-43(47-41)31-14-7-4-8-15-31/h3-28H,1-2H3. The number of benzene rings is 7. The lowest BCUT2D eigenvalue weighted by Gasteiger charge is -2.28. The summed E-state index contributed by atoms with van der Waals surface area (Å²) in [5, 5.41) is 2.17. The molecule has 0 unspecified atom stereocenters. The molecule has 0 saturated heterocycles. The van der Waals surface area contributed by atoms with Gasteiger partial charge in [-0.1, -0.05) is 117 Å². The maximum absolute atomic E-state index is 6.27. The van der Waals surface area contributed by atoms with Gasteiger partial charge >= 0.3 is 0 Å². The van der Waals surface area contributed by atoms with Crippen molar-refractivity contribution in [3.8, 4) is 33.7 Å². The van der Waals surface area contributed by atoms with E-state index in [1.165, 1.54) is 33.4 Å². The van der Waals surface area contributed by atoms with Crippen molar-refractivity contribution in [1.82, 2.24) is 4.98 Å². The molecule has 1 heterocycles. The maximum atomic E-state index is 6.27. The Morgan fingerprint density at radius 3 is 1.96 bits per heavy atom. The highest BCUT2D eigenvalue weighted by atomic mass is 16.3. The fourth-order valence-electron chi connectivity index (χ4n) is 7.34. The van der Waals surface area contributed by atoms with Crippen molar-refractivity contribution in [1.29, 1.82) is 0 Å². The molecule has 0 amide bonds. The quantitative estimate of drug-likeness (QED) is 0.196. The average molecular weight is 605 g/mol. The summed E-state index contributed by atoms with van der Waals surface area (Å²) in [5.41, 5.74) is 13.6. The average Bonchev–Trinajstić information content (AvgIpc) is 3.67. The predicted octanol–water partition coefficient (Wildman–Crippen LogP) is 12.1. The van der Waals surface area contributed by atoms with Crippen LogP contribution in [-0.4, -0.2) is 4.98 Å². The molecule has 0 N–H and O–H groups in total. The van der Waals surface area contributed by atoms with Crippen LogP contribution in [0.1, 0.15) is 25.0 Å². The van der Waals surface area contributed by atoms with Gasteiger partial charge in [0.1, 0.15) is 5.52 Å². The van der Waals surface area contributed by atoms with Crippen molar-refractivity contribution < 1.29 is 4.42 Å². The molecule has 0 saturated carbocycles. The van der Waals surface area contributed by atoms with Crippen LogP contribution in [0.2, 0.25) is 0 Å². The van der Waals surface area contributed by atoms with Gasteiger partial charge in [0.2, 0.25) is 5.89 Å². The highest BCUT2D eigenvalue weighted by molar-refractivity contribution is 6.10. The van der Waals surface area contributed by atoms with E-state index in [2.05, 4.69) is 146 Å². The number of anilines is 3. The van der Waals surface area contributed by atoms with E-state index in [-0.39, 0.29) is 5.41 Å². The van der Waals surface area contributed by atoms with Crippen molar-refractivity contribution in [2.45, 2.75) is 19.3 Å². The highest BCUT2D eigenvalue weighted by Gasteiger charge is 2.35. The van der Waals surface area contributed by atoms with E-state index in [4.69, 9.17) is 9.40 Å². The Kier molecular flexibility index (Phi) is 6.16. The van der Waals surface area contributed by atoms with E-state index < -0.39 is 0 Å². The SMILES string of the molecule is CC1(C)c2ccccc2-c2cc(N(c3ccc(-c4ccccc4)cc3)c3cccc4c3ccc3oc(-c5ccccc5)nc34)ccc21. The first-order valence-corrected chi connectivity index (χ1v) is 16.1. The lowest BCUT2D eigenvalue weighted by atomic mass is 9.82. The van der Waals surface area contributed by atoms with Crippen LogP contribution in [0, 0.1) is 0 Å². The molecule has 0 atom stereocenters. The van der Waals surface area contributed by atoms with Crippen LogP contribution in [0.15, 0.2) is 162 Å². The van der Waals surface area contributed by atoms with Gasteiger partial charge in [-0.2, -0.15) is 0 Å². The number of nitrogens with zero attached hydrogens (tertiary/aromatic N) is 2. The monoisotopic (exact) mass is 604 g/mol. The fourth-order valence-corrected chi connectivity index (χ4v) is 7.34. The Morgan fingerprint density at radius 2 is 1.17 bits per heavy atom. The Labute approximate surface area is 274 Å². The van der Waals surface area contributed by atoms with Crippen LogP contribution in [0.5, 0.6) is 0 Å². The Morgan fingerprint density at radius 1 is 0.511 bits per heavy atom. The molecule has 0 aliphatic heterocycles. The summed E-state index contributed by atoms with van der Waals surface area (Å²) in [6.07, 6.45) is 0. The lowest BCUT2D eigenvalue weighted by molar-refractivity contribution is 0.620. The molecule has 9 rings (SSSR count). The fraction of sp³-hybridized carbons (Fsp3) is 0.0682. The maximum Gasteiger partial charge on any atom is 0.227 e. The topological polar surface area (TPSA) is 29.3 Å². The minimum atomic E-state index is -0.0545. The van der Waals surface area contributed by atoms with Crippen molar-refractivity contribution in [3.05, 3.63) is 169 Å². The van der Waals surface area contributed by atoms with Gasteiger partial charge in [-0.3, -0.25) is 0 Å². The van der Waals surface area contributed by atoms with E-state index >= 15 is 0 Å². The van der Waals surface area contributed by atoms with Crippen molar-refractivity contribution in [2.75, 3.05) is 4.90 Å². The number of hydrogen-bond donors (Lipinski definition) is 0. The lowest BCUT2D eigenvalue weighted by Crippen LogP contribution is -2.15. The zero-order valence-electron chi connectivity index (χ0n) is 26.3. The summed E-state index contributed by atoms with van der Waals surface area (Å²) in [4.78, 5) is 7.39. The summed E-state index contributed by atoms with van der Waals surface area (Å²) in [6, 6.07) is 56.1. The molecule has 7 aromatic carbocycles. The Bertz CT molecular complexity index is 2420. The van der Waals surface area contributed by atoms with E-state index in [0.29, 0.717) is 5.89 Å². The van der Waals surface area contributed by atoms with Gasteiger partial charge in [0.05, 0.1) is 5.69 Å². The molecule has 1 aromatic heterocycles. The second-order valence-corrected chi connectivity index (χ2v) is 12.8.